The molecule has 0 radical (unpaired) electrons. The number of carbonyl (C=O) groups is 1. The second-order valence-electron chi connectivity index (χ2n) is 4.04. The first kappa shape index (κ1) is 13.7. The van der Waals surface area contributed by atoms with Gasteiger partial charge in [0.15, 0.2) is 0 Å². The first-order chi connectivity index (χ1) is 8.97. The fraction of sp³-hybridized carbons (Fsp3) is 0.0714. The van der Waals surface area contributed by atoms with Crippen molar-refractivity contribution in [3.05, 3.63) is 63.6 Å². The monoisotopic (exact) mass is 325 g/mol. The van der Waals surface area contributed by atoms with Crippen molar-refractivity contribution in [3.63, 3.8) is 0 Å². The molecule has 0 aliphatic carbocycles. The Kier molecular flexibility index (Phi) is 3.95. The highest BCUT2D eigenvalue weighted by molar-refractivity contribution is 9.10. The van der Waals surface area contributed by atoms with E-state index < -0.39 is 17.5 Å². The molecular formula is C14H10BrF2NO. The van der Waals surface area contributed by atoms with E-state index in [1.165, 1.54) is 30.3 Å². The third kappa shape index (κ3) is 3.17. The van der Waals surface area contributed by atoms with Gasteiger partial charge in [0.25, 0.3) is 5.91 Å². The number of anilines is 1. The summed E-state index contributed by atoms with van der Waals surface area (Å²) in [5.41, 5.74) is 0.885. The van der Waals surface area contributed by atoms with E-state index in [0.717, 1.165) is 0 Å². The van der Waals surface area contributed by atoms with Crippen LogP contribution in [0.4, 0.5) is 14.5 Å². The summed E-state index contributed by atoms with van der Waals surface area (Å²) < 4.78 is 27.1. The second-order valence-corrected chi connectivity index (χ2v) is 4.95. The number of carbonyl (C=O) groups excluding carboxylic acids is 1. The smallest absolute Gasteiger partial charge is 0.256 e. The van der Waals surface area contributed by atoms with Crippen molar-refractivity contribution in [1.29, 1.82) is 0 Å². The molecule has 1 N–H and O–H groups in total. The van der Waals surface area contributed by atoms with Crippen molar-refractivity contribution in [2.45, 2.75) is 6.92 Å². The molecule has 0 saturated carbocycles. The molecule has 0 fully saturated rings. The van der Waals surface area contributed by atoms with Crippen molar-refractivity contribution in [2.75, 3.05) is 5.32 Å². The van der Waals surface area contributed by atoms with Crippen molar-refractivity contribution >= 4 is 27.5 Å². The van der Waals surface area contributed by atoms with Crippen LogP contribution in [0.2, 0.25) is 0 Å². The van der Waals surface area contributed by atoms with Crippen LogP contribution in [0.15, 0.2) is 40.9 Å². The summed E-state index contributed by atoms with van der Waals surface area (Å²) in [5, 5.41) is 2.46. The van der Waals surface area contributed by atoms with Crippen LogP contribution in [0.5, 0.6) is 0 Å². The molecule has 98 valence electrons. The lowest BCUT2D eigenvalue weighted by Crippen LogP contribution is -2.14. The maximum atomic E-state index is 13.6. The largest absolute Gasteiger partial charge is 0.319 e. The average molecular weight is 326 g/mol. The van der Waals surface area contributed by atoms with Crippen molar-refractivity contribution in [3.8, 4) is 0 Å². The summed E-state index contributed by atoms with van der Waals surface area (Å²) in [6.07, 6.45) is 0. The Morgan fingerprint density at radius 3 is 2.53 bits per heavy atom. The van der Waals surface area contributed by atoms with Gasteiger partial charge < -0.3 is 5.32 Å². The Morgan fingerprint density at radius 1 is 1.16 bits per heavy atom. The molecule has 0 spiro atoms. The van der Waals surface area contributed by atoms with E-state index in [-0.39, 0.29) is 5.69 Å². The van der Waals surface area contributed by atoms with Gasteiger partial charge in [0.05, 0.1) is 5.69 Å². The number of benzene rings is 2. The quantitative estimate of drug-likeness (QED) is 0.876. The summed E-state index contributed by atoms with van der Waals surface area (Å²) in [4.78, 5) is 12.0. The third-order valence-corrected chi connectivity index (χ3v) is 3.11. The van der Waals surface area contributed by atoms with Crippen LogP contribution in [0.25, 0.3) is 0 Å². The highest BCUT2D eigenvalue weighted by Gasteiger charge is 2.12. The Balaban J connectivity index is 2.25. The van der Waals surface area contributed by atoms with Crippen molar-refractivity contribution in [1.82, 2.24) is 0 Å². The molecule has 0 unspecified atom stereocenters. The highest BCUT2D eigenvalue weighted by Crippen LogP contribution is 2.20. The van der Waals surface area contributed by atoms with Gasteiger partial charge in [-0.2, -0.15) is 0 Å². The van der Waals surface area contributed by atoms with Crippen LogP contribution >= 0.6 is 15.9 Å². The van der Waals surface area contributed by atoms with Gasteiger partial charge in [-0.3, -0.25) is 4.79 Å². The lowest BCUT2D eigenvalue weighted by molar-refractivity contribution is 0.102. The summed E-state index contributed by atoms with van der Waals surface area (Å²) in [6, 6.07) is 8.16. The maximum Gasteiger partial charge on any atom is 0.256 e. The van der Waals surface area contributed by atoms with Gasteiger partial charge in [0, 0.05) is 10.0 Å². The SMILES string of the molecule is Cc1cc(F)ccc1C(=O)Nc1ccc(Br)cc1F. The number of nitrogens with one attached hydrogen (secondary N) is 1. The van der Waals surface area contributed by atoms with Crippen LogP contribution in [0.3, 0.4) is 0 Å². The molecule has 19 heavy (non-hydrogen) atoms. The number of hydrogen-bond donors (Lipinski definition) is 1. The first-order valence-corrected chi connectivity index (χ1v) is 6.29. The molecule has 0 atom stereocenters. The molecule has 0 aromatic heterocycles. The molecule has 2 aromatic rings. The minimum atomic E-state index is -0.539. The van der Waals surface area contributed by atoms with Crippen LogP contribution in [0.1, 0.15) is 15.9 Å². The summed E-state index contributed by atoms with van der Waals surface area (Å²) >= 11 is 3.13. The number of rotatable bonds is 2. The average Bonchev–Trinajstić information content (AvgIpc) is 2.32. The number of halogens is 3. The molecule has 2 aromatic carbocycles. The molecule has 0 bridgehead atoms. The highest BCUT2D eigenvalue weighted by atomic mass is 79.9. The Morgan fingerprint density at radius 2 is 1.89 bits per heavy atom. The van der Waals surface area contributed by atoms with E-state index in [4.69, 9.17) is 0 Å². The number of hydrogen-bond acceptors (Lipinski definition) is 1. The summed E-state index contributed by atoms with van der Waals surface area (Å²) in [7, 11) is 0. The van der Waals surface area contributed by atoms with E-state index in [1.54, 1.807) is 13.0 Å². The van der Waals surface area contributed by atoms with Gasteiger partial charge in [-0.15, -0.1) is 0 Å². The fourth-order valence-corrected chi connectivity index (χ4v) is 2.00. The minimum absolute atomic E-state index is 0.0805. The van der Waals surface area contributed by atoms with E-state index in [2.05, 4.69) is 21.2 Å². The second kappa shape index (κ2) is 5.48. The third-order valence-electron chi connectivity index (χ3n) is 2.61. The van der Waals surface area contributed by atoms with Gasteiger partial charge in [-0.1, -0.05) is 15.9 Å². The topological polar surface area (TPSA) is 29.1 Å². The normalized spacial score (nSPS) is 10.3. The lowest BCUT2D eigenvalue weighted by Gasteiger charge is -2.08. The van der Waals surface area contributed by atoms with Crippen LogP contribution in [-0.4, -0.2) is 5.91 Å². The zero-order valence-electron chi connectivity index (χ0n) is 10.0. The molecule has 0 aliphatic rings. The standard InChI is InChI=1S/C14H10BrF2NO/c1-8-6-10(16)3-4-11(8)14(19)18-13-5-2-9(15)7-12(13)17/h2-7H,1H3,(H,18,19). The van der Waals surface area contributed by atoms with Crippen LogP contribution < -0.4 is 5.32 Å². The maximum absolute atomic E-state index is 13.6. The van der Waals surface area contributed by atoms with Crippen LogP contribution in [-0.2, 0) is 0 Å². The van der Waals surface area contributed by atoms with Gasteiger partial charge in [-0.25, -0.2) is 8.78 Å². The molecule has 0 aliphatic heterocycles. The number of amides is 1. The zero-order chi connectivity index (χ0) is 14.0. The van der Waals surface area contributed by atoms with Crippen molar-refractivity contribution in [2.24, 2.45) is 0 Å². The predicted octanol–water partition coefficient (Wildman–Crippen LogP) is 4.29. The van der Waals surface area contributed by atoms with E-state index in [0.29, 0.717) is 15.6 Å². The minimum Gasteiger partial charge on any atom is -0.319 e. The summed E-state index contributed by atoms with van der Waals surface area (Å²) in [6.45, 7) is 1.62. The molecule has 5 heteroatoms. The molecule has 1 amide bonds. The molecule has 2 rings (SSSR count). The zero-order valence-corrected chi connectivity index (χ0v) is 11.6. The molecule has 0 saturated heterocycles. The Hall–Kier alpha value is -1.75. The summed E-state index contributed by atoms with van der Waals surface area (Å²) in [5.74, 6) is -1.43. The molecule has 2 nitrogen and oxygen atoms in total. The molecule has 0 heterocycles. The van der Waals surface area contributed by atoms with E-state index in [9.17, 15) is 13.6 Å². The lowest BCUT2D eigenvalue weighted by atomic mass is 10.1. The van der Waals surface area contributed by atoms with E-state index >= 15 is 0 Å². The Labute approximate surface area is 117 Å². The van der Waals surface area contributed by atoms with Gasteiger partial charge in [0.2, 0.25) is 0 Å². The molecular weight excluding hydrogens is 316 g/mol. The van der Waals surface area contributed by atoms with E-state index in [1.807, 2.05) is 0 Å². The Bertz CT molecular complexity index is 643. The fourth-order valence-electron chi connectivity index (χ4n) is 1.66. The van der Waals surface area contributed by atoms with Gasteiger partial charge in [-0.05, 0) is 48.9 Å². The van der Waals surface area contributed by atoms with Gasteiger partial charge in [0.1, 0.15) is 11.6 Å². The predicted molar refractivity (Wildman–Crippen MR) is 73.2 cm³/mol. The van der Waals surface area contributed by atoms with Crippen LogP contribution in [0, 0.1) is 18.6 Å². The van der Waals surface area contributed by atoms with Crippen molar-refractivity contribution < 1.29 is 13.6 Å². The number of aryl methyl sites for hydroxylation is 1. The van der Waals surface area contributed by atoms with Gasteiger partial charge >= 0.3 is 0 Å². The first-order valence-electron chi connectivity index (χ1n) is 5.50.